The maximum atomic E-state index is 13.1. The summed E-state index contributed by atoms with van der Waals surface area (Å²) in [6.07, 6.45) is 0. The van der Waals surface area contributed by atoms with Gasteiger partial charge in [0.05, 0.1) is 10.6 Å². The number of aryl methyl sites for hydroxylation is 1. The fraction of sp³-hybridized carbons (Fsp3) is 0.125. The number of rotatable bonds is 5. The minimum absolute atomic E-state index is 0.159. The number of aromatic nitrogens is 4. The Hall–Kier alpha value is -3.62. The predicted octanol–water partition coefficient (Wildman–Crippen LogP) is 4.29. The zero-order valence-corrected chi connectivity index (χ0v) is 18.4. The highest BCUT2D eigenvalue weighted by molar-refractivity contribution is 7.89. The van der Waals surface area contributed by atoms with E-state index < -0.39 is 10.0 Å². The number of hydrogen-bond acceptors (Lipinski definition) is 5. The van der Waals surface area contributed by atoms with Crippen LogP contribution in [-0.4, -0.2) is 28.2 Å². The summed E-state index contributed by atoms with van der Waals surface area (Å²) in [4.78, 5) is 0.159. The number of fused-ring (bicyclic) bond motifs is 3. The molecule has 0 spiro atoms. The van der Waals surface area contributed by atoms with Crippen molar-refractivity contribution in [1.29, 1.82) is 0 Å². The van der Waals surface area contributed by atoms with Crippen molar-refractivity contribution in [2.45, 2.75) is 24.8 Å². The maximum absolute atomic E-state index is 13.1. The van der Waals surface area contributed by atoms with Gasteiger partial charge in [-0.3, -0.25) is 0 Å². The minimum atomic E-state index is -3.75. The van der Waals surface area contributed by atoms with Crippen LogP contribution < -0.4 is 4.72 Å². The molecule has 0 aliphatic carbocycles. The molecule has 5 aromatic rings. The number of hydrogen-bond donors (Lipinski definition) is 1. The highest BCUT2D eigenvalue weighted by atomic mass is 32.2. The van der Waals surface area contributed by atoms with Crippen LogP contribution in [0.1, 0.15) is 24.2 Å². The average Bonchev–Trinajstić information content (AvgIpc) is 3.24. The molecule has 3 aromatic carbocycles. The Balaban J connectivity index is 1.55. The van der Waals surface area contributed by atoms with Gasteiger partial charge in [0.25, 0.3) is 0 Å². The molecule has 0 saturated carbocycles. The minimum Gasteiger partial charge on any atom is -0.207 e. The smallest absolute Gasteiger partial charge is 0.207 e. The summed E-state index contributed by atoms with van der Waals surface area (Å²) < 4.78 is 30.5. The van der Waals surface area contributed by atoms with E-state index in [1.807, 2.05) is 74.5 Å². The Morgan fingerprint density at radius 2 is 1.59 bits per heavy atom. The fourth-order valence-electron chi connectivity index (χ4n) is 3.83. The second-order valence-electron chi connectivity index (χ2n) is 7.67. The summed E-state index contributed by atoms with van der Waals surface area (Å²) in [5, 5.41) is 15.3. The van der Waals surface area contributed by atoms with Gasteiger partial charge in [-0.2, -0.15) is 9.61 Å². The molecule has 1 N–H and O–H groups in total. The quantitative estimate of drug-likeness (QED) is 0.438. The molecule has 1 atom stereocenters. The van der Waals surface area contributed by atoms with Crippen LogP contribution >= 0.6 is 0 Å². The van der Waals surface area contributed by atoms with E-state index in [-0.39, 0.29) is 10.9 Å². The zero-order chi connectivity index (χ0) is 22.3. The summed E-state index contributed by atoms with van der Waals surface area (Å²) in [5.41, 5.74) is 2.98. The standard InChI is InChI=1S/C24H21N5O2S/c1-16(18-9-4-3-5-10-18)28-32(30,31)20-12-8-11-19(15-20)23-25-26-24-22-14-7-6-13-21(22)17(2)27-29(23)24/h3-16,28H,1-2H3. The van der Waals surface area contributed by atoms with Crippen LogP contribution in [0.5, 0.6) is 0 Å². The van der Waals surface area contributed by atoms with Crippen LogP contribution in [0.2, 0.25) is 0 Å². The monoisotopic (exact) mass is 443 g/mol. The first-order valence-corrected chi connectivity index (χ1v) is 11.7. The molecule has 2 heterocycles. The Labute approximate surface area is 185 Å². The molecule has 32 heavy (non-hydrogen) atoms. The predicted molar refractivity (Wildman–Crippen MR) is 124 cm³/mol. The fourth-order valence-corrected chi connectivity index (χ4v) is 5.11. The van der Waals surface area contributed by atoms with Crippen molar-refractivity contribution in [3.8, 4) is 11.4 Å². The molecule has 7 nitrogen and oxygen atoms in total. The first-order chi connectivity index (χ1) is 15.4. The maximum Gasteiger partial charge on any atom is 0.241 e. The molecular weight excluding hydrogens is 422 g/mol. The van der Waals surface area contributed by atoms with Crippen molar-refractivity contribution in [2.24, 2.45) is 0 Å². The number of nitrogens with one attached hydrogen (secondary N) is 1. The molecular formula is C24H21N5O2S. The van der Waals surface area contributed by atoms with Crippen molar-refractivity contribution < 1.29 is 8.42 Å². The summed E-state index contributed by atoms with van der Waals surface area (Å²) in [6.45, 7) is 3.75. The first-order valence-electron chi connectivity index (χ1n) is 10.2. The van der Waals surface area contributed by atoms with Crippen molar-refractivity contribution in [3.05, 3.63) is 90.1 Å². The third-order valence-corrected chi connectivity index (χ3v) is 7.02. The van der Waals surface area contributed by atoms with E-state index in [0.29, 0.717) is 17.0 Å². The van der Waals surface area contributed by atoms with Gasteiger partial charge in [0.1, 0.15) is 0 Å². The number of benzene rings is 3. The van der Waals surface area contributed by atoms with Gasteiger partial charge in [0, 0.05) is 22.4 Å². The van der Waals surface area contributed by atoms with Crippen LogP contribution in [0.15, 0.2) is 83.8 Å². The first kappa shape index (κ1) is 20.3. The number of nitrogens with zero attached hydrogens (tertiary/aromatic N) is 4. The van der Waals surface area contributed by atoms with E-state index in [1.165, 1.54) is 0 Å². The normalized spacial score (nSPS) is 12.9. The lowest BCUT2D eigenvalue weighted by atomic mass is 10.1. The van der Waals surface area contributed by atoms with Gasteiger partial charge >= 0.3 is 0 Å². The topological polar surface area (TPSA) is 89.3 Å². The lowest BCUT2D eigenvalue weighted by Crippen LogP contribution is -2.26. The Morgan fingerprint density at radius 3 is 2.38 bits per heavy atom. The largest absolute Gasteiger partial charge is 0.241 e. The molecule has 8 heteroatoms. The highest BCUT2D eigenvalue weighted by Gasteiger charge is 2.20. The average molecular weight is 444 g/mol. The summed E-state index contributed by atoms with van der Waals surface area (Å²) in [5.74, 6) is 0.488. The Bertz CT molecular complexity index is 1550. The van der Waals surface area contributed by atoms with Crippen molar-refractivity contribution in [3.63, 3.8) is 0 Å². The second kappa shape index (κ2) is 7.81. The Morgan fingerprint density at radius 1 is 0.875 bits per heavy atom. The molecule has 160 valence electrons. The lowest BCUT2D eigenvalue weighted by molar-refractivity contribution is 0.567. The summed E-state index contributed by atoms with van der Waals surface area (Å²) >= 11 is 0. The van der Waals surface area contributed by atoms with Gasteiger partial charge in [-0.25, -0.2) is 13.1 Å². The van der Waals surface area contributed by atoms with Crippen LogP contribution in [0, 0.1) is 6.92 Å². The molecule has 0 saturated heterocycles. The molecule has 0 aliphatic heterocycles. The molecule has 0 fully saturated rings. The van der Waals surface area contributed by atoms with Crippen LogP contribution in [0.3, 0.4) is 0 Å². The van der Waals surface area contributed by atoms with Gasteiger partial charge in [0.2, 0.25) is 10.0 Å². The van der Waals surface area contributed by atoms with Gasteiger partial charge in [-0.05, 0) is 31.5 Å². The van der Waals surface area contributed by atoms with Crippen molar-refractivity contribution in [2.75, 3.05) is 0 Å². The zero-order valence-electron chi connectivity index (χ0n) is 17.6. The third-order valence-electron chi connectivity index (χ3n) is 5.48. The summed E-state index contributed by atoms with van der Waals surface area (Å²) in [7, 11) is -3.75. The molecule has 5 rings (SSSR count). The van der Waals surface area contributed by atoms with Crippen LogP contribution in [0.25, 0.3) is 27.8 Å². The lowest BCUT2D eigenvalue weighted by Gasteiger charge is -2.15. The molecule has 0 aliphatic rings. The third kappa shape index (κ3) is 3.53. The van der Waals surface area contributed by atoms with Gasteiger partial charge < -0.3 is 0 Å². The van der Waals surface area contributed by atoms with Crippen LogP contribution in [0.4, 0.5) is 0 Å². The van der Waals surface area contributed by atoms with Gasteiger partial charge in [-0.1, -0.05) is 66.7 Å². The molecule has 2 aromatic heterocycles. The van der Waals surface area contributed by atoms with Crippen molar-refractivity contribution in [1.82, 2.24) is 24.5 Å². The number of sulfonamides is 1. The van der Waals surface area contributed by atoms with E-state index in [0.717, 1.165) is 22.0 Å². The summed E-state index contributed by atoms with van der Waals surface area (Å²) in [6, 6.07) is 23.7. The van der Waals surface area contributed by atoms with Gasteiger partial charge in [0.15, 0.2) is 11.5 Å². The molecule has 1 unspecified atom stereocenters. The van der Waals surface area contributed by atoms with E-state index in [4.69, 9.17) is 0 Å². The molecule has 0 radical (unpaired) electrons. The van der Waals surface area contributed by atoms with E-state index in [2.05, 4.69) is 20.0 Å². The molecule has 0 amide bonds. The SMILES string of the molecule is Cc1nn2c(-c3cccc(S(=O)(=O)NC(C)c4ccccc4)c3)nnc2c2ccccc12. The second-order valence-corrected chi connectivity index (χ2v) is 9.39. The van der Waals surface area contributed by atoms with Crippen LogP contribution in [-0.2, 0) is 10.0 Å². The molecule has 0 bridgehead atoms. The Kier molecular flexibility index (Phi) is 4.96. The van der Waals surface area contributed by atoms with E-state index in [1.54, 1.807) is 22.7 Å². The van der Waals surface area contributed by atoms with Gasteiger partial charge in [-0.15, -0.1) is 10.2 Å². The van der Waals surface area contributed by atoms with E-state index in [9.17, 15) is 8.42 Å². The highest BCUT2D eigenvalue weighted by Crippen LogP contribution is 2.26. The van der Waals surface area contributed by atoms with Crippen molar-refractivity contribution >= 4 is 26.4 Å². The van der Waals surface area contributed by atoms with E-state index >= 15 is 0 Å².